The lowest BCUT2D eigenvalue weighted by atomic mass is 10.0. The van der Waals surface area contributed by atoms with Crippen LogP contribution in [0.4, 0.5) is 0 Å². The van der Waals surface area contributed by atoms with E-state index in [1.165, 1.54) is 11.1 Å². The number of rotatable bonds is 3. The molecule has 0 aliphatic heterocycles. The molecule has 0 amide bonds. The second-order valence-electron chi connectivity index (χ2n) is 4.61. The van der Waals surface area contributed by atoms with Crippen molar-refractivity contribution in [2.45, 2.75) is 45.1 Å². The van der Waals surface area contributed by atoms with Crippen molar-refractivity contribution in [3.05, 3.63) is 23.5 Å². The third kappa shape index (κ3) is 1.91. The van der Waals surface area contributed by atoms with Crippen LogP contribution in [0, 0.1) is 0 Å². The molecular formula is C12H17NO2. The van der Waals surface area contributed by atoms with Crippen molar-refractivity contribution in [2.24, 2.45) is 0 Å². The first-order valence-corrected chi connectivity index (χ1v) is 5.50. The van der Waals surface area contributed by atoms with E-state index in [0.717, 1.165) is 12.8 Å². The molecule has 1 N–H and O–H groups in total. The summed E-state index contributed by atoms with van der Waals surface area (Å²) >= 11 is 0. The third-order valence-corrected chi connectivity index (χ3v) is 3.18. The molecule has 1 aliphatic rings. The van der Waals surface area contributed by atoms with Gasteiger partial charge >= 0.3 is 5.97 Å². The number of aromatic nitrogens is 1. The Morgan fingerprint density at radius 2 is 2.33 bits per heavy atom. The molecule has 0 radical (unpaired) electrons. The molecule has 2 rings (SSSR count). The molecule has 15 heavy (non-hydrogen) atoms. The van der Waals surface area contributed by atoms with Gasteiger partial charge in [-0.2, -0.15) is 0 Å². The van der Waals surface area contributed by atoms with Gasteiger partial charge in [-0.1, -0.05) is 0 Å². The van der Waals surface area contributed by atoms with Crippen molar-refractivity contribution >= 4 is 5.97 Å². The predicted molar refractivity (Wildman–Crippen MR) is 58.1 cm³/mol. The molecule has 1 atom stereocenters. The number of nitrogens with zero attached hydrogens (tertiary/aromatic N) is 1. The van der Waals surface area contributed by atoms with Crippen LogP contribution >= 0.6 is 0 Å². The van der Waals surface area contributed by atoms with E-state index in [9.17, 15) is 4.79 Å². The number of aliphatic carboxylic acids is 1. The summed E-state index contributed by atoms with van der Waals surface area (Å²) in [6.07, 6.45) is 6.60. The van der Waals surface area contributed by atoms with Crippen molar-refractivity contribution in [2.75, 3.05) is 0 Å². The molecule has 0 saturated carbocycles. The van der Waals surface area contributed by atoms with E-state index < -0.39 is 5.97 Å². The van der Waals surface area contributed by atoms with Crippen LogP contribution in [0.25, 0.3) is 0 Å². The summed E-state index contributed by atoms with van der Waals surface area (Å²) in [6.45, 7) is 4.28. The molecule has 3 nitrogen and oxygen atoms in total. The lowest BCUT2D eigenvalue weighted by Crippen LogP contribution is -2.03. The summed E-state index contributed by atoms with van der Waals surface area (Å²) in [7, 11) is 0. The second kappa shape index (κ2) is 3.72. The predicted octanol–water partition coefficient (Wildman–Crippen LogP) is 2.57. The standard InChI is InChI=1S/C12H17NO2/c1-8(2)13-6-10-4-3-9(5-12(14)15)11(10)7-13/h6-9H,3-5H2,1-2H3,(H,14,15). The number of aryl methyl sites for hydroxylation is 1. The summed E-state index contributed by atoms with van der Waals surface area (Å²) in [5.74, 6) is -0.456. The van der Waals surface area contributed by atoms with Crippen LogP contribution in [-0.4, -0.2) is 15.6 Å². The van der Waals surface area contributed by atoms with Crippen LogP contribution in [0.5, 0.6) is 0 Å². The average Bonchev–Trinajstić information content (AvgIpc) is 2.66. The van der Waals surface area contributed by atoms with Gasteiger partial charge in [-0.15, -0.1) is 0 Å². The maximum atomic E-state index is 10.7. The lowest BCUT2D eigenvalue weighted by Gasteiger charge is -2.09. The van der Waals surface area contributed by atoms with Crippen LogP contribution in [-0.2, 0) is 11.2 Å². The molecule has 1 aromatic heterocycles. The SMILES string of the molecule is CC(C)n1cc2c(c1)C(CC(=O)O)CC2. The van der Waals surface area contributed by atoms with E-state index in [1.54, 1.807) is 0 Å². The monoisotopic (exact) mass is 207 g/mol. The molecule has 1 heterocycles. The van der Waals surface area contributed by atoms with Crippen molar-refractivity contribution in [1.82, 2.24) is 4.57 Å². The van der Waals surface area contributed by atoms with Crippen molar-refractivity contribution < 1.29 is 9.90 Å². The Morgan fingerprint density at radius 1 is 1.60 bits per heavy atom. The van der Waals surface area contributed by atoms with Gasteiger partial charge in [0.1, 0.15) is 0 Å². The summed E-state index contributed by atoms with van der Waals surface area (Å²) in [5, 5.41) is 8.81. The highest BCUT2D eigenvalue weighted by Gasteiger charge is 2.26. The van der Waals surface area contributed by atoms with E-state index >= 15 is 0 Å². The van der Waals surface area contributed by atoms with Crippen LogP contribution in [0.2, 0.25) is 0 Å². The molecule has 0 bridgehead atoms. The van der Waals surface area contributed by atoms with Gasteiger partial charge in [0, 0.05) is 18.4 Å². The van der Waals surface area contributed by atoms with Crippen LogP contribution < -0.4 is 0 Å². The summed E-state index contributed by atoms with van der Waals surface area (Å²) < 4.78 is 2.18. The first kappa shape index (κ1) is 10.3. The minimum atomic E-state index is -0.690. The molecule has 0 aromatic carbocycles. The molecule has 0 spiro atoms. The molecule has 3 heteroatoms. The maximum absolute atomic E-state index is 10.7. The van der Waals surface area contributed by atoms with E-state index in [0.29, 0.717) is 6.04 Å². The first-order valence-electron chi connectivity index (χ1n) is 5.50. The average molecular weight is 207 g/mol. The number of fused-ring (bicyclic) bond motifs is 1. The molecule has 1 aliphatic carbocycles. The van der Waals surface area contributed by atoms with Crippen LogP contribution in [0.3, 0.4) is 0 Å². The van der Waals surface area contributed by atoms with E-state index in [4.69, 9.17) is 5.11 Å². The van der Waals surface area contributed by atoms with Gasteiger partial charge in [-0.3, -0.25) is 4.79 Å². The van der Waals surface area contributed by atoms with Gasteiger partial charge in [-0.05, 0) is 43.7 Å². The molecule has 1 unspecified atom stereocenters. The quantitative estimate of drug-likeness (QED) is 0.827. The minimum absolute atomic E-state index is 0.234. The van der Waals surface area contributed by atoms with Crippen LogP contribution in [0.1, 0.15) is 49.8 Å². The molecular weight excluding hydrogens is 190 g/mol. The van der Waals surface area contributed by atoms with Crippen LogP contribution in [0.15, 0.2) is 12.4 Å². The van der Waals surface area contributed by atoms with E-state index in [2.05, 4.69) is 30.8 Å². The number of carboxylic acids is 1. The zero-order valence-corrected chi connectivity index (χ0v) is 9.23. The minimum Gasteiger partial charge on any atom is -0.481 e. The van der Waals surface area contributed by atoms with Gasteiger partial charge in [0.15, 0.2) is 0 Å². The van der Waals surface area contributed by atoms with Gasteiger partial charge in [0.05, 0.1) is 6.42 Å². The first-order chi connectivity index (χ1) is 7.08. The van der Waals surface area contributed by atoms with Gasteiger partial charge < -0.3 is 9.67 Å². The fraction of sp³-hybridized carbons (Fsp3) is 0.583. The number of hydrogen-bond acceptors (Lipinski definition) is 1. The zero-order chi connectivity index (χ0) is 11.0. The normalized spacial score (nSPS) is 19.5. The number of carboxylic acid groups (broad SMARTS) is 1. The Hall–Kier alpha value is -1.25. The molecule has 0 saturated heterocycles. The molecule has 82 valence electrons. The molecule has 1 aromatic rings. The van der Waals surface area contributed by atoms with E-state index in [1.807, 2.05) is 0 Å². The second-order valence-corrected chi connectivity index (χ2v) is 4.61. The highest BCUT2D eigenvalue weighted by molar-refractivity contribution is 5.68. The van der Waals surface area contributed by atoms with Gasteiger partial charge in [-0.25, -0.2) is 0 Å². The Labute approximate surface area is 89.7 Å². The third-order valence-electron chi connectivity index (χ3n) is 3.18. The Bertz CT molecular complexity index is 379. The fourth-order valence-corrected chi connectivity index (χ4v) is 2.32. The highest BCUT2D eigenvalue weighted by atomic mass is 16.4. The molecule has 0 fully saturated rings. The summed E-state index contributed by atoms with van der Waals surface area (Å²) in [6, 6.07) is 0.459. The summed E-state index contributed by atoms with van der Waals surface area (Å²) in [5.41, 5.74) is 2.60. The lowest BCUT2D eigenvalue weighted by molar-refractivity contribution is -0.137. The fourth-order valence-electron chi connectivity index (χ4n) is 2.32. The smallest absolute Gasteiger partial charge is 0.303 e. The van der Waals surface area contributed by atoms with Crippen molar-refractivity contribution in [3.8, 4) is 0 Å². The number of carbonyl (C=O) groups is 1. The van der Waals surface area contributed by atoms with E-state index in [-0.39, 0.29) is 12.3 Å². The topological polar surface area (TPSA) is 42.2 Å². The summed E-state index contributed by atoms with van der Waals surface area (Å²) in [4.78, 5) is 10.7. The van der Waals surface area contributed by atoms with Crippen molar-refractivity contribution in [1.29, 1.82) is 0 Å². The largest absolute Gasteiger partial charge is 0.481 e. The Balaban J connectivity index is 2.22. The van der Waals surface area contributed by atoms with Gasteiger partial charge in [0.2, 0.25) is 0 Å². The van der Waals surface area contributed by atoms with Crippen molar-refractivity contribution in [3.63, 3.8) is 0 Å². The Morgan fingerprint density at radius 3 is 2.93 bits per heavy atom. The highest BCUT2D eigenvalue weighted by Crippen LogP contribution is 2.36. The zero-order valence-electron chi connectivity index (χ0n) is 9.23. The van der Waals surface area contributed by atoms with Gasteiger partial charge in [0.25, 0.3) is 0 Å². The number of hydrogen-bond donors (Lipinski definition) is 1. The maximum Gasteiger partial charge on any atom is 0.303 e. The Kier molecular flexibility index (Phi) is 2.55.